The van der Waals surface area contributed by atoms with Gasteiger partial charge in [-0.05, 0) is 33.6 Å². The lowest BCUT2D eigenvalue weighted by Crippen LogP contribution is -2.30. The number of nitrogens with one attached hydrogen (secondary N) is 1. The Bertz CT molecular complexity index is 392. The second-order valence-corrected chi connectivity index (χ2v) is 11.2. The van der Waals surface area contributed by atoms with Crippen LogP contribution in [0.2, 0.25) is 19.6 Å². The molecule has 0 radical (unpaired) electrons. The van der Waals surface area contributed by atoms with Gasteiger partial charge in [0.2, 0.25) is 0 Å². The van der Waals surface area contributed by atoms with Gasteiger partial charge in [-0.15, -0.1) is 5.54 Å². The second kappa shape index (κ2) is 7.34. The zero-order chi connectivity index (χ0) is 15.1. The third-order valence-electron chi connectivity index (χ3n) is 1.75. The third-order valence-corrected chi connectivity index (χ3v) is 2.62. The molecule has 0 aliphatic rings. The van der Waals surface area contributed by atoms with Crippen LogP contribution in [0.15, 0.2) is 5.10 Å². The molecule has 5 heteroatoms. The minimum absolute atomic E-state index is 0.519. The minimum Gasteiger partial charge on any atom is -0.443 e. The Morgan fingerprint density at radius 1 is 1.32 bits per heavy atom. The summed E-state index contributed by atoms with van der Waals surface area (Å²) in [5.74, 6) is 3.07. The first-order chi connectivity index (χ1) is 8.53. The minimum atomic E-state index is -1.43. The Balaban J connectivity index is 4.67. The van der Waals surface area contributed by atoms with Crippen molar-refractivity contribution >= 4 is 19.9 Å². The second-order valence-electron chi connectivity index (χ2n) is 6.42. The van der Waals surface area contributed by atoms with Crippen LogP contribution in [0.3, 0.4) is 0 Å². The summed E-state index contributed by atoms with van der Waals surface area (Å²) in [5, 5.41) is 4.04. The fourth-order valence-electron chi connectivity index (χ4n) is 1.06. The van der Waals surface area contributed by atoms with Gasteiger partial charge in [0.05, 0.1) is 0 Å². The van der Waals surface area contributed by atoms with Gasteiger partial charge in [-0.3, -0.25) is 0 Å². The van der Waals surface area contributed by atoms with Crippen LogP contribution in [0, 0.1) is 11.5 Å². The fourth-order valence-corrected chi connectivity index (χ4v) is 1.58. The summed E-state index contributed by atoms with van der Waals surface area (Å²) in [6.45, 7) is 14.0. The molecule has 0 spiro atoms. The van der Waals surface area contributed by atoms with Crippen molar-refractivity contribution in [1.82, 2.24) is 5.43 Å². The summed E-state index contributed by atoms with van der Waals surface area (Å²) >= 11 is 0. The molecule has 0 unspecified atom stereocenters. The summed E-state index contributed by atoms with van der Waals surface area (Å²) in [4.78, 5) is 11.5. The summed E-state index contributed by atoms with van der Waals surface area (Å²) < 4.78 is 5.12. The largest absolute Gasteiger partial charge is 0.443 e. The van der Waals surface area contributed by atoms with Crippen LogP contribution in [0.5, 0.6) is 0 Å². The maximum absolute atomic E-state index is 11.5. The predicted molar refractivity (Wildman–Crippen MR) is 82.8 cm³/mol. The first kappa shape index (κ1) is 17.7. The third kappa shape index (κ3) is 11.5. The molecule has 0 saturated carbocycles. The van der Waals surface area contributed by atoms with Crippen LogP contribution in [0.4, 0.5) is 4.79 Å². The maximum Gasteiger partial charge on any atom is 0.428 e. The molecule has 0 aliphatic carbocycles. The Morgan fingerprint density at radius 2 is 1.89 bits per heavy atom. The van der Waals surface area contributed by atoms with Crippen molar-refractivity contribution < 1.29 is 9.53 Å². The molecule has 0 heterocycles. The standard InChI is InChI=1S/C14H26N2O2Si/c1-8-9-12(10-11-19(5,6)7)15-16-13(17)18-14(2,3)4/h8-9H2,1-7H3,(H,16,17)/b15-12-. The highest BCUT2D eigenvalue weighted by Gasteiger charge is 2.15. The highest BCUT2D eigenvalue weighted by Crippen LogP contribution is 2.06. The van der Waals surface area contributed by atoms with E-state index in [4.69, 9.17) is 4.74 Å². The summed E-state index contributed by atoms with van der Waals surface area (Å²) in [7, 11) is -1.43. The van der Waals surface area contributed by atoms with Crippen molar-refractivity contribution in [2.75, 3.05) is 0 Å². The number of carbonyl (C=O) groups excluding carboxylic acids is 1. The first-order valence-electron chi connectivity index (χ1n) is 6.62. The molecule has 19 heavy (non-hydrogen) atoms. The van der Waals surface area contributed by atoms with Crippen molar-refractivity contribution in [3.8, 4) is 11.5 Å². The first-order valence-corrected chi connectivity index (χ1v) is 10.1. The lowest BCUT2D eigenvalue weighted by atomic mass is 10.2. The van der Waals surface area contributed by atoms with E-state index in [9.17, 15) is 4.79 Å². The van der Waals surface area contributed by atoms with Crippen molar-refractivity contribution in [3.63, 3.8) is 0 Å². The predicted octanol–water partition coefficient (Wildman–Crippen LogP) is 3.55. The average molecular weight is 282 g/mol. The van der Waals surface area contributed by atoms with Gasteiger partial charge in [0, 0.05) is 0 Å². The topological polar surface area (TPSA) is 50.7 Å². The van der Waals surface area contributed by atoms with Crippen molar-refractivity contribution in [1.29, 1.82) is 0 Å². The van der Waals surface area contributed by atoms with E-state index in [0.717, 1.165) is 12.8 Å². The Kier molecular flexibility index (Phi) is 6.85. The number of hydrogen-bond acceptors (Lipinski definition) is 3. The van der Waals surface area contributed by atoms with Gasteiger partial charge in [0.1, 0.15) is 19.4 Å². The fraction of sp³-hybridized carbons (Fsp3) is 0.714. The van der Waals surface area contributed by atoms with Crippen LogP contribution in [0.25, 0.3) is 0 Å². The molecule has 0 aromatic rings. The molecule has 4 nitrogen and oxygen atoms in total. The zero-order valence-electron chi connectivity index (χ0n) is 13.2. The van der Waals surface area contributed by atoms with E-state index in [1.165, 1.54) is 0 Å². The van der Waals surface area contributed by atoms with Gasteiger partial charge in [-0.1, -0.05) is 32.5 Å². The Labute approximate surface area is 118 Å². The molecule has 1 amide bonds. The van der Waals surface area contributed by atoms with E-state index in [2.05, 4.69) is 48.6 Å². The number of ether oxygens (including phenoxy) is 1. The molecule has 0 fully saturated rings. The van der Waals surface area contributed by atoms with Gasteiger partial charge in [0.15, 0.2) is 0 Å². The Hall–Kier alpha value is -1.28. The molecule has 108 valence electrons. The van der Waals surface area contributed by atoms with Gasteiger partial charge >= 0.3 is 6.09 Å². The quantitative estimate of drug-likeness (QED) is 0.372. The normalized spacial score (nSPS) is 12.5. The van der Waals surface area contributed by atoms with Crippen molar-refractivity contribution in [2.45, 2.75) is 65.8 Å². The molecule has 0 aliphatic heterocycles. The van der Waals surface area contributed by atoms with Crippen LogP contribution >= 0.6 is 0 Å². The number of hydrogen-bond donors (Lipinski definition) is 1. The van der Waals surface area contributed by atoms with E-state index in [0.29, 0.717) is 5.71 Å². The molecule has 0 aromatic carbocycles. The molecular weight excluding hydrogens is 256 g/mol. The SMILES string of the molecule is CCC/C(C#C[Si](C)(C)C)=N/NC(=O)OC(C)(C)C. The molecule has 1 N–H and O–H groups in total. The number of nitrogens with zero attached hydrogens (tertiary/aromatic N) is 1. The Morgan fingerprint density at radius 3 is 2.32 bits per heavy atom. The molecule has 0 rings (SSSR count). The van der Waals surface area contributed by atoms with Crippen molar-refractivity contribution in [2.24, 2.45) is 5.10 Å². The van der Waals surface area contributed by atoms with E-state index < -0.39 is 19.8 Å². The highest BCUT2D eigenvalue weighted by molar-refractivity contribution is 6.84. The van der Waals surface area contributed by atoms with E-state index in [1.807, 2.05) is 20.8 Å². The molecular formula is C14H26N2O2Si. The zero-order valence-corrected chi connectivity index (χ0v) is 14.2. The van der Waals surface area contributed by atoms with Crippen molar-refractivity contribution in [3.05, 3.63) is 0 Å². The monoisotopic (exact) mass is 282 g/mol. The van der Waals surface area contributed by atoms with E-state index >= 15 is 0 Å². The number of amides is 1. The van der Waals surface area contributed by atoms with Crippen LogP contribution in [-0.2, 0) is 4.74 Å². The van der Waals surface area contributed by atoms with Gasteiger partial charge < -0.3 is 4.74 Å². The average Bonchev–Trinajstić information content (AvgIpc) is 2.18. The lowest BCUT2D eigenvalue weighted by molar-refractivity contribution is 0.0529. The molecule has 0 atom stereocenters. The maximum atomic E-state index is 11.5. The van der Waals surface area contributed by atoms with Crippen LogP contribution in [-0.4, -0.2) is 25.5 Å². The van der Waals surface area contributed by atoms with E-state index in [1.54, 1.807) is 0 Å². The van der Waals surface area contributed by atoms with Gasteiger partial charge in [-0.2, -0.15) is 5.10 Å². The summed E-state index contributed by atoms with van der Waals surface area (Å²) in [6, 6.07) is 0. The lowest BCUT2D eigenvalue weighted by Gasteiger charge is -2.18. The highest BCUT2D eigenvalue weighted by atomic mass is 28.3. The summed E-state index contributed by atoms with van der Waals surface area (Å²) in [6.07, 6.45) is 1.15. The van der Waals surface area contributed by atoms with Gasteiger partial charge in [-0.25, -0.2) is 10.2 Å². The molecule has 0 bridgehead atoms. The molecule has 0 aromatic heterocycles. The number of hydrazone groups is 1. The van der Waals surface area contributed by atoms with Crippen LogP contribution in [0.1, 0.15) is 40.5 Å². The number of rotatable bonds is 3. The van der Waals surface area contributed by atoms with Gasteiger partial charge in [0.25, 0.3) is 0 Å². The number of carbonyl (C=O) groups is 1. The van der Waals surface area contributed by atoms with E-state index in [-0.39, 0.29) is 0 Å². The molecule has 0 saturated heterocycles. The smallest absolute Gasteiger partial charge is 0.428 e. The summed E-state index contributed by atoms with van der Waals surface area (Å²) in [5.41, 5.74) is 5.83. The van der Waals surface area contributed by atoms with Crippen LogP contribution < -0.4 is 5.43 Å².